The molecule has 0 radical (unpaired) electrons. The first-order chi connectivity index (χ1) is 8.24. The van der Waals surface area contributed by atoms with Gasteiger partial charge in [0.25, 0.3) is 0 Å². The molecule has 1 fully saturated rings. The predicted octanol–water partition coefficient (Wildman–Crippen LogP) is 1.42. The van der Waals surface area contributed by atoms with Crippen molar-refractivity contribution in [3.63, 3.8) is 0 Å². The van der Waals surface area contributed by atoms with Crippen LogP contribution in [0.5, 0.6) is 5.75 Å². The molecule has 0 aliphatic carbocycles. The number of hydrogen-bond acceptors (Lipinski definition) is 4. The molecule has 0 spiro atoms. The van der Waals surface area contributed by atoms with Crippen molar-refractivity contribution in [1.29, 1.82) is 0 Å². The molecule has 2 N–H and O–H groups in total. The molecule has 0 aromatic heterocycles. The predicted molar refractivity (Wildman–Crippen MR) is 71.7 cm³/mol. The maximum atomic E-state index is 6.03. The highest BCUT2D eigenvalue weighted by molar-refractivity contribution is 5.69. The van der Waals surface area contributed by atoms with E-state index in [1.165, 1.54) is 0 Å². The van der Waals surface area contributed by atoms with Gasteiger partial charge in [0.15, 0.2) is 0 Å². The second-order valence-electron chi connectivity index (χ2n) is 4.35. The van der Waals surface area contributed by atoms with Crippen LogP contribution in [0.4, 0.5) is 11.4 Å². The lowest BCUT2D eigenvalue weighted by molar-refractivity contribution is 0.271. The number of rotatable bonds is 3. The van der Waals surface area contributed by atoms with Crippen LogP contribution in [0, 0.1) is 0 Å². The van der Waals surface area contributed by atoms with Crippen LogP contribution in [0.2, 0.25) is 0 Å². The molecule has 1 heterocycles. The second kappa shape index (κ2) is 5.27. The Labute approximate surface area is 103 Å². The van der Waals surface area contributed by atoms with Crippen LogP contribution in [0.1, 0.15) is 6.92 Å². The SMILES string of the molecule is CCN1CCN(c2cc(OC)ccc2N)CC1. The molecule has 1 aromatic rings. The molecule has 0 amide bonds. The van der Waals surface area contributed by atoms with Gasteiger partial charge in [-0.05, 0) is 18.7 Å². The fourth-order valence-electron chi connectivity index (χ4n) is 2.23. The molecule has 0 unspecified atom stereocenters. The van der Waals surface area contributed by atoms with Gasteiger partial charge >= 0.3 is 0 Å². The van der Waals surface area contributed by atoms with Gasteiger partial charge < -0.3 is 20.3 Å². The topological polar surface area (TPSA) is 41.7 Å². The lowest BCUT2D eigenvalue weighted by Gasteiger charge is -2.36. The summed E-state index contributed by atoms with van der Waals surface area (Å²) in [6.45, 7) is 7.60. The standard InChI is InChI=1S/C13H21N3O/c1-3-15-6-8-16(9-7-15)13-10-11(17-2)4-5-12(13)14/h4-5,10H,3,6-9,14H2,1-2H3. The molecular formula is C13H21N3O. The summed E-state index contributed by atoms with van der Waals surface area (Å²) in [4.78, 5) is 4.79. The number of nitrogen functional groups attached to an aromatic ring is 1. The van der Waals surface area contributed by atoms with Crippen molar-refractivity contribution in [3.8, 4) is 5.75 Å². The smallest absolute Gasteiger partial charge is 0.121 e. The molecular weight excluding hydrogens is 214 g/mol. The van der Waals surface area contributed by atoms with Crippen molar-refractivity contribution in [2.75, 3.05) is 50.5 Å². The normalized spacial score (nSPS) is 17.2. The minimum absolute atomic E-state index is 0.829. The van der Waals surface area contributed by atoms with Gasteiger partial charge in [0.05, 0.1) is 18.5 Å². The van der Waals surface area contributed by atoms with Crippen molar-refractivity contribution >= 4 is 11.4 Å². The van der Waals surface area contributed by atoms with Crippen molar-refractivity contribution in [2.45, 2.75) is 6.92 Å². The summed E-state index contributed by atoms with van der Waals surface area (Å²) in [5, 5.41) is 0. The number of benzene rings is 1. The fourth-order valence-corrected chi connectivity index (χ4v) is 2.23. The quantitative estimate of drug-likeness (QED) is 0.805. The maximum absolute atomic E-state index is 6.03. The highest BCUT2D eigenvalue weighted by Gasteiger charge is 2.17. The van der Waals surface area contributed by atoms with Crippen LogP contribution < -0.4 is 15.4 Å². The van der Waals surface area contributed by atoms with Gasteiger partial charge in [0.2, 0.25) is 0 Å². The van der Waals surface area contributed by atoms with E-state index in [1.807, 2.05) is 18.2 Å². The van der Waals surface area contributed by atoms with Crippen LogP contribution in [0.3, 0.4) is 0 Å². The third-order valence-electron chi connectivity index (χ3n) is 3.40. The van der Waals surface area contributed by atoms with Crippen LogP contribution in [0.15, 0.2) is 18.2 Å². The summed E-state index contributed by atoms with van der Waals surface area (Å²) in [7, 11) is 1.68. The molecule has 0 saturated carbocycles. The number of methoxy groups -OCH3 is 1. The Morgan fingerprint density at radius 3 is 2.53 bits per heavy atom. The van der Waals surface area contributed by atoms with Gasteiger partial charge in [-0.1, -0.05) is 6.92 Å². The third kappa shape index (κ3) is 2.64. The number of nitrogens with two attached hydrogens (primary N) is 1. The molecule has 1 saturated heterocycles. The Balaban J connectivity index is 2.12. The first-order valence-electron chi connectivity index (χ1n) is 6.15. The van der Waals surface area contributed by atoms with Gasteiger partial charge in [-0.3, -0.25) is 0 Å². The molecule has 0 bridgehead atoms. The molecule has 4 nitrogen and oxygen atoms in total. The fraction of sp³-hybridized carbons (Fsp3) is 0.538. The van der Waals surface area contributed by atoms with Gasteiger partial charge in [-0.2, -0.15) is 0 Å². The Morgan fingerprint density at radius 2 is 1.94 bits per heavy atom. The van der Waals surface area contributed by atoms with Gasteiger partial charge in [0, 0.05) is 32.2 Å². The summed E-state index contributed by atoms with van der Waals surface area (Å²) in [6, 6.07) is 5.85. The molecule has 4 heteroatoms. The van der Waals surface area contributed by atoms with Crippen LogP contribution in [0.25, 0.3) is 0 Å². The molecule has 17 heavy (non-hydrogen) atoms. The zero-order chi connectivity index (χ0) is 12.3. The Hall–Kier alpha value is -1.42. The third-order valence-corrected chi connectivity index (χ3v) is 3.40. The average molecular weight is 235 g/mol. The van der Waals surface area contributed by atoms with Crippen molar-refractivity contribution in [3.05, 3.63) is 18.2 Å². The summed E-state index contributed by atoms with van der Waals surface area (Å²) in [5.74, 6) is 0.868. The minimum atomic E-state index is 0.829. The summed E-state index contributed by atoms with van der Waals surface area (Å²) >= 11 is 0. The highest BCUT2D eigenvalue weighted by Crippen LogP contribution is 2.28. The Bertz CT molecular complexity index is 373. The largest absolute Gasteiger partial charge is 0.497 e. The van der Waals surface area contributed by atoms with E-state index in [2.05, 4.69) is 16.7 Å². The highest BCUT2D eigenvalue weighted by atomic mass is 16.5. The first kappa shape index (κ1) is 12.0. The summed E-state index contributed by atoms with van der Waals surface area (Å²) in [6.07, 6.45) is 0. The van der Waals surface area contributed by atoms with Gasteiger partial charge in [0.1, 0.15) is 5.75 Å². The van der Waals surface area contributed by atoms with E-state index in [1.54, 1.807) is 7.11 Å². The Kier molecular flexibility index (Phi) is 3.74. The average Bonchev–Trinajstić information content (AvgIpc) is 2.39. The van der Waals surface area contributed by atoms with E-state index in [-0.39, 0.29) is 0 Å². The van der Waals surface area contributed by atoms with Crippen molar-refractivity contribution in [1.82, 2.24) is 4.90 Å². The van der Waals surface area contributed by atoms with Gasteiger partial charge in [-0.25, -0.2) is 0 Å². The molecule has 1 aromatic carbocycles. The summed E-state index contributed by atoms with van der Waals surface area (Å²) in [5.41, 5.74) is 7.96. The number of nitrogens with zero attached hydrogens (tertiary/aromatic N) is 2. The first-order valence-corrected chi connectivity index (χ1v) is 6.15. The van der Waals surface area contributed by atoms with E-state index >= 15 is 0 Å². The number of ether oxygens (including phenoxy) is 1. The zero-order valence-corrected chi connectivity index (χ0v) is 10.6. The number of likely N-dealkylation sites (N-methyl/N-ethyl adjacent to an activating group) is 1. The molecule has 2 rings (SSSR count). The van der Waals surface area contributed by atoms with E-state index < -0.39 is 0 Å². The van der Waals surface area contributed by atoms with Gasteiger partial charge in [-0.15, -0.1) is 0 Å². The maximum Gasteiger partial charge on any atom is 0.121 e. The van der Waals surface area contributed by atoms with E-state index in [9.17, 15) is 0 Å². The second-order valence-corrected chi connectivity index (χ2v) is 4.35. The van der Waals surface area contributed by atoms with Crippen LogP contribution in [-0.4, -0.2) is 44.7 Å². The lowest BCUT2D eigenvalue weighted by atomic mass is 10.2. The van der Waals surface area contributed by atoms with Crippen LogP contribution in [-0.2, 0) is 0 Å². The summed E-state index contributed by atoms with van der Waals surface area (Å²) < 4.78 is 5.25. The molecule has 94 valence electrons. The Morgan fingerprint density at radius 1 is 1.24 bits per heavy atom. The molecule has 1 aliphatic heterocycles. The lowest BCUT2D eigenvalue weighted by Crippen LogP contribution is -2.46. The molecule has 0 atom stereocenters. The zero-order valence-electron chi connectivity index (χ0n) is 10.6. The number of anilines is 2. The number of hydrogen-bond donors (Lipinski definition) is 1. The molecule has 1 aliphatic rings. The van der Waals surface area contributed by atoms with Crippen molar-refractivity contribution < 1.29 is 4.74 Å². The van der Waals surface area contributed by atoms with E-state index in [0.29, 0.717) is 0 Å². The van der Waals surface area contributed by atoms with E-state index in [4.69, 9.17) is 10.5 Å². The van der Waals surface area contributed by atoms with Crippen molar-refractivity contribution in [2.24, 2.45) is 0 Å². The number of piperazine rings is 1. The monoisotopic (exact) mass is 235 g/mol. The van der Waals surface area contributed by atoms with E-state index in [0.717, 1.165) is 49.8 Å². The van der Waals surface area contributed by atoms with Crippen LogP contribution >= 0.6 is 0 Å². The minimum Gasteiger partial charge on any atom is -0.497 e.